The number of carbonyl (C=O) groups excluding carboxylic acids is 1. The van der Waals surface area contributed by atoms with E-state index in [1.165, 1.54) is 22.9 Å². The summed E-state index contributed by atoms with van der Waals surface area (Å²) in [7, 11) is 1.11. The van der Waals surface area contributed by atoms with Crippen LogP contribution < -0.4 is 5.49 Å². The summed E-state index contributed by atoms with van der Waals surface area (Å²) < 4.78 is 40.3. The molecule has 2 heterocycles. The summed E-state index contributed by atoms with van der Waals surface area (Å²) in [4.78, 5) is 23.8. The van der Waals surface area contributed by atoms with Gasteiger partial charge in [0.15, 0.2) is 0 Å². The van der Waals surface area contributed by atoms with E-state index in [-0.39, 0.29) is 17.2 Å². The van der Waals surface area contributed by atoms with Crippen LogP contribution in [0.25, 0.3) is 0 Å². The van der Waals surface area contributed by atoms with E-state index >= 15 is 0 Å². The van der Waals surface area contributed by atoms with Crippen LogP contribution in [0.15, 0.2) is 46.8 Å². The molecule has 27 heavy (non-hydrogen) atoms. The maximum Gasteiger partial charge on any atom is 0.416 e. The molecule has 0 aliphatic heterocycles. The summed E-state index contributed by atoms with van der Waals surface area (Å²) in [6, 6.07) is 6.15. The first-order chi connectivity index (χ1) is 12.7. The van der Waals surface area contributed by atoms with Gasteiger partial charge in [0.1, 0.15) is 23.8 Å². The van der Waals surface area contributed by atoms with Crippen LogP contribution >= 0.6 is 11.6 Å². The fourth-order valence-corrected chi connectivity index (χ4v) is 2.09. The Morgan fingerprint density at radius 1 is 1.41 bits per heavy atom. The van der Waals surface area contributed by atoms with Gasteiger partial charge in [-0.1, -0.05) is 22.8 Å². The summed E-state index contributed by atoms with van der Waals surface area (Å²) in [5, 5.41) is 12.3. The second kappa shape index (κ2) is 8.46. The molecule has 7 nitrogen and oxygen atoms in total. The molecule has 2 aromatic heterocycles. The monoisotopic (exact) mass is 397 g/mol. The number of pyridine rings is 2. The Bertz CT molecular complexity index is 975. The highest BCUT2D eigenvalue weighted by Crippen LogP contribution is 2.27. The topological polar surface area (TPSA) is 92.6 Å². The molecule has 0 saturated carbocycles. The summed E-state index contributed by atoms with van der Waals surface area (Å²) in [5.41, 5.74) is -1.40. The Hall–Kier alpha value is -3.19. The molecule has 0 aliphatic carbocycles. The number of carbonyl (C=O) groups is 1. The Morgan fingerprint density at radius 2 is 2.15 bits per heavy atom. The van der Waals surface area contributed by atoms with Crippen LogP contribution in [0.4, 0.5) is 13.2 Å². The van der Waals surface area contributed by atoms with Crippen LogP contribution in [-0.4, -0.2) is 28.3 Å². The average Bonchev–Trinajstić information content (AvgIpc) is 2.62. The van der Waals surface area contributed by atoms with Gasteiger partial charge in [0, 0.05) is 12.4 Å². The third-order valence-corrected chi connectivity index (χ3v) is 3.41. The molecule has 1 amide bonds. The number of oxime groups is 1. The fraction of sp³-hybridized carbons (Fsp3) is 0.188. The van der Waals surface area contributed by atoms with Gasteiger partial charge in [-0.3, -0.25) is 4.79 Å². The van der Waals surface area contributed by atoms with Crippen molar-refractivity contribution in [2.24, 2.45) is 10.1 Å². The second-order valence-electron chi connectivity index (χ2n) is 5.04. The normalized spacial score (nSPS) is 12.6. The molecule has 0 spiro atoms. The lowest BCUT2D eigenvalue weighted by atomic mass is 10.2. The molecule has 0 saturated heterocycles. The Balaban J connectivity index is 2.55. The maximum atomic E-state index is 13.0. The molecule has 0 N–H and O–H groups in total. The lowest BCUT2D eigenvalue weighted by Crippen LogP contribution is -2.26. The molecule has 0 atom stereocenters. The van der Waals surface area contributed by atoms with E-state index in [0.717, 1.165) is 19.4 Å². The third-order valence-electron chi connectivity index (χ3n) is 3.19. The molecule has 11 heteroatoms. The molecule has 2 aromatic rings. The molecule has 2 rings (SSSR count). The van der Waals surface area contributed by atoms with Gasteiger partial charge in [0.25, 0.3) is 0 Å². The van der Waals surface area contributed by atoms with Crippen molar-refractivity contribution in [3.63, 3.8) is 0 Å². The molecule has 0 aliphatic rings. The van der Waals surface area contributed by atoms with Gasteiger partial charge in [-0.2, -0.15) is 23.4 Å². The standard InChI is InChI=1S/C16H11ClF3N5O2/c1-27-24-12(7-21)15(26)23-14-6-11(16(18,19)20)4-5-25(14)9-10-2-3-13(17)22-8-10/h2-6,8H,9H2,1H3/b23-14?,24-12+. The zero-order valence-electron chi connectivity index (χ0n) is 13.7. The van der Waals surface area contributed by atoms with Crippen LogP contribution in [0.5, 0.6) is 0 Å². The Labute approximate surface area is 156 Å². The second-order valence-corrected chi connectivity index (χ2v) is 5.43. The number of hydrogen-bond donors (Lipinski definition) is 0. The highest BCUT2D eigenvalue weighted by molar-refractivity contribution is 6.45. The van der Waals surface area contributed by atoms with Gasteiger partial charge in [0.05, 0.1) is 12.1 Å². The Kier molecular flexibility index (Phi) is 6.31. The van der Waals surface area contributed by atoms with E-state index in [0.29, 0.717) is 11.6 Å². The molecule has 0 aromatic carbocycles. The molecular formula is C16H11ClF3N5O2. The van der Waals surface area contributed by atoms with Crippen LogP contribution in [0.1, 0.15) is 11.1 Å². The molecule has 0 radical (unpaired) electrons. The number of aromatic nitrogens is 2. The Morgan fingerprint density at radius 3 is 2.70 bits per heavy atom. The van der Waals surface area contributed by atoms with Crippen molar-refractivity contribution < 1.29 is 22.8 Å². The molecule has 140 valence electrons. The fourth-order valence-electron chi connectivity index (χ4n) is 1.98. The first-order valence-corrected chi connectivity index (χ1v) is 7.61. The van der Waals surface area contributed by atoms with Crippen LogP contribution in [-0.2, 0) is 22.4 Å². The van der Waals surface area contributed by atoms with E-state index in [4.69, 9.17) is 16.9 Å². The van der Waals surface area contributed by atoms with Gasteiger partial charge in [-0.25, -0.2) is 4.98 Å². The summed E-state index contributed by atoms with van der Waals surface area (Å²) in [6.07, 6.45) is -2.07. The minimum absolute atomic E-state index is 0.0672. The lowest BCUT2D eigenvalue weighted by Gasteiger charge is -2.11. The van der Waals surface area contributed by atoms with Crippen molar-refractivity contribution >= 4 is 23.2 Å². The van der Waals surface area contributed by atoms with Crippen LogP contribution in [0.3, 0.4) is 0 Å². The number of nitrogens with zero attached hydrogens (tertiary/aromatic N) is 5. The van der Waals surface area contributed by atoms with E-state index in [9.17, 15) is 18.0 Å². The van der Waals surface area contributed by atoms with Gasteiger partial charge in [0.2, 0.25) is 5.71 Å². The predicted octanol–water partition coefficient (Wildman–Crippen LogP) is 2.56. The predicted molar refractivity (Wildman–Crippen MR) is 88.4 cm³/mol. The molecule has 0 bridgehead atoms. The molecular weight excluding hydrogens is 387 g/mol. The highest BCUT2D eigenvalue weighted by atomic mass is 35.5. The highest BCUT2D eigenvalue weighted by Gasteiger charge is 2.30. The average molecular weight is 398 g/mol. The number of halogens is 4. The minimum atomic E-state index is -4.63. The van der Waals surface area contributed by atoms with Gasteiger partial charge < -0.3 is 9.40 Å². The summed E-state index contributed by atoms with van der Waals surface area (Å²) in [5.74, 6) is -1.14. The number of rotatable bonds is 4. The number of alkyl halides is 3. The van der Waals surface area contributed by atoms with Gasteiger partial charge in [-0.05, 0) is 23.8 Å². The minimum Gasteiger partial charge on any atom is -0.398 e. The van der Waals surface area contributed by atoms with Crippen LogP contribution in [0, 0.1) is 11.3 Å². The van der Waals surface area contributed by atoms with E-state index < -0.39 is 23.4 Å². The number of amides is 1. The van der Waals surface area contributed by atoms with Crippen molar-refractivity contribution in [1.29, 1.82) is 5.26 Å². The summed E-state index contributed by atoms with van der Waals surface area (Å²) >= 11 is 5.70. The lowest BCUT2D eigenvalue weighted by molar-refractivity contribution is -0.137. The molecule has 0 unspecified atom stereocenters. The quantitative estimate of drug-likeness (QED) is 0.450. The van der Waals surface area contributed by atoms with Crippen molar-refractivity contribution in [2.75, 3.05) is 7.11 Å². The summed E-state index contributed by atoms with van der Waals surface area (Å²) in [6.45, 7) is 0.0672. The zero-order chi connectivity index (χ0) is 20.0. The number of nitriles is 1. The van der Waals surface area contributed by atoms with Crippen molar-refractivity contribution in [2.45, 2.75) is 12.7 Å². The van der Waals surface area contributed by atoms with E-state index in [1.807, 2.05) is 0 Å². The zero-order valence-corrected chi connectivity index (χ0v) is 14.5. The van der Waals surface area contributed by atoms with Crippen LogP contribution in [0.2, 0.25) is 5.15 Å². The molecule has 0 fully saturated rings. The maximum absolute atomic E-state index is 13.0. The van der Waals surface area contributed by atoms with Crippen molar-refractivity contribution in [3.05, 3.63) is 58.4 Å². The SMILES string of the molecule is CO/N=C(\C#N)C(=O)N=c1cc(C(F)(F)F)ccn1Cc1ccc(Cl)nc1. The van der Waals surface area contributed by atoms with Gasteiger partial charge >= 0.3 is 12.1 Å². The van der Waals surface area contributed by atoms with Gasteiger partial charge in [-0.15, -0.1) is 0 Å². The first-order valence-electron chi connectivity index (χ1n) is 7.23. The van der Waals surface area contributed by atoms with Crippen molar-refractivity contribution in [3.8, 4) is 6.07 Å². The van der Waals surface area contributed by atoms with E-state index in [2.05, 4.69) is 20.0 Å². The number of hydrogen-bond acceptors (Lipinski definition) is 5. The first kappa shape index (κ1) is 20.1. The smallest absolute Gasteiger partial charge is 0.398 e. The third kappa shape index (κ3) is 5.39. The van der Waals surface area contributed by atoms with Crippen molar-refractivity contribution in [1.82, 2.24) is 9.55 Å². The largest absolute Gasteiger partial charge is 0.416 e. The van der Waals surface area contributed by atoms with E-state index in [1.54, 1.807) is 6.07 Å².